The molecule has 0 aromatic heterocycles. The van der Waals surface area contributed by atoms with Gasteiger partial charge in [0.05, 0.1) is 14.2 Å². The van der Waals surface area contributed by atoms with Gasteiger partial charge < -0.3 is 24.8 Å². The molecular weight excluding hydrogens is 376 g/mol. The Labute approximate surface area is 169 Å². The molecule has 0 saturated heterocycles. The van der Waals surface area contributed by atoms with Gasteiger partial charge in [0.15, 0.2) is 6.61 Å². The van der Waals surface area contributed by atoms with Crippen LogP contribution >= 0.6 is 0 Å². The molecule has 0 bridgehead atoms. The summed E-state index contributed by atoms with van der Waals surface area (Å²) in [5.41, 5.74) is 1.84. The summed E-state index contributed by atoms with van der Waals surface area (Å²) in [4.78, 5) is 35.3. The lowest BCUT2D eigenvalue weighted by Crippen LogP contribution is -2.21. The fourth-order valence-corrected chi connectivity index (χ4v) is 2.52. The molecule has 154 valence electrons. The zero-order valence-corrected chi connectivity index (χ0v) is 16.6. The average molecular weight is 400 g/mol. The first-order valence-electron chi connectivity index (χ1n) is 8.94. The molecule has 2 rings (SSSR count). The van der Waals surface area contributed by atoms with Crippen LogP contribution in [0.25, 0.3) is 0 Å². The molecule has 0 heterocycles. The first kappa shape index (κ1) is 21.7. The van der Waals surface area contributed by atoms with Gasteiger partial charge in [0.1, 0.15) is 11.5 Å². The number of aryl methyl sites for hydroxylation is 1. The Morgan fingerprint density at radius 1 is 0.931 bits per heavy atom. The number of rotatable bonds is 9. The van der Waals surface area contributed by atoms with Gasteiger partial charge in [-0.1, -0.05) is 0 Å². The number of amides is 2. The second-order valence-corrected chi connectivity index (χ2v) is 6.09. The first-order valence-corrected chi connectivity index (χ1v) is 8.94. The number of esters is 1. The fraction of sp³-hybridized carbons (Fsp3) is 0.286. The van der Waals surface area contributed by atoms with Crippen LogP contribution in [-0.2, 0) is 20.7 Å². The van der Waals surface area contributed by atoms with E-state index in [0.717, 1.165) is 5.56 Å². The predicted molar refractivity (Wildman–Crippen MR) is 107 cm³/mol. The molecule has 2 N–H and O–H groups in total. The molecule has 0 radical (unpaired) electrons. The zero-order chi connectivity index (χ0) is 21.2. The summed E-state index contributed by atoms with van der Waals surface area (Å²) in [6.45, 7) is -0.391. The molecule has 0 aliphatic rings. The van der Waals surface area contributed by atoms with Crippen LogP contribution in [-0.4, -0.2) is 45.7 Å². The van der Waals surface area contributed by atoms with E-state index in [0.29, 0.717) is 29.2 Å². The van der Waals surface area contributed by atoms with E-state index in [2.05, 4.69) is 10.6 Å². The van der Waals surface area contributed by atoms with Crippen LogP contribution in [0.5, 0.6) is 11.5 Å². The minimum Gasteiger partial charge on any atom is -0.497 e. The monoisotopic (exact) mass is 400 g/mol. The minimum atomic E-state index is -0.489. The molecule has 0 aliphatic heterocycles. The Bertz CT molecular complexity index is 842. The van der Waals surface area contributed by atoms with Crippen molar-refractivity contribution in [3.8, 4) is 11.5 Å². The average Bonchev–Trinajstić information content (AvgIpc) is 2.75. The Morgan fingerprint density at radius 2 is 1.55 bits per heavy atom. The molecule has 0 atom stereocenters. The topological polar surface area (TPSA) is 103 Å². The summed E-state index contributed by atoms with van der Waals surface area (Å²) in [5, 5.41) is 5.12. The SMILES string of the molecule is CNC(=O)c1ccc(NC(=O)COC(=O)CCc2cc(OC)cc(OC)c2)cc1. The smallest absolute Gasteiger partial charge is 0.306 e. The van der Waals surface area contributed by atoms with Crippen LogP contribution in [0, 0.1) is 0 Å². The maximum absolute atomic E-state index is 11.9. The van der Waals surface area contributed by atoms with Crippen LogP contribution < -0.4 is 20.1 Å². The molecule has 29 heavy (non-hydrogen) atoms. The summed E-state index contributed by atoms with van der Waals surface area (Å²) in [6.07, 6.45) is 0.541. The molecule has 0 aliphatic carbocycles. The molecule has 0 spiro atoms. The second-order valence-electron chi connectivity index (χ2n) is 6.09. The lowest BCUT2D eigenvalue weighted by molar-refractivity contribution is -0.147. The highest BCUT2D eigenvalue weighted by Gasteiger charge is 2.10. The molecule has 0 saturated carbocycles. The number of anilines is 1. The minimum absolute atomic E-state index is 0.116. The maximum Gasteiger partial charge on any atom is 0.306 e. The molecule has 2 amide bonds. The van der Waals surface area contributed by atoms with Crippen molar-refractivity contribution in [1.29, 1.82) is 0 Å². The summed E-state index contributed by atoms with van der Waals surface area (Å²) >= 11 is 0. The van der Waals surface area contributed by atoms with E-state index >= 15 is 0 Å². The zero-order valence-electron chi connectivity index (χ0n) is 16.6. The van der Waals surface area contributed by atoms with Gasteiger partial charge in [-0.15, -0.1) is 0 Å². The molecular formula is C21H24N2O6. The van der Waals surface area contributed by atoms with Crippen molar-refractivity contribution in [1.82, 2.24) is 5.32 Å². The Hall–Kier alpha value is -3.55. The van der Waals surface area contributed by atoms with Crippen LogP contribution in [0.4, 0.5) is 5.69 Å². The van der Waals surface area contributed by atoms with E-state index in [1.807, 2.05) is 12.1 Å². The Balaban J connectivity index is 1.78. The van der Waals surface area contributed by atoms with E-state index in [9.17, 15) is 14.4 Å². The first-order chi connectivity index (χ1) is 13.9. The predicted octanol–water partition coefficient (Wildman–Crippen LogP) is 2.18. The highest BCUT2D eigenvalue weighted by atomic mass is 16.5. The largest absolute Gasteiger partial charge is 0.497 e. The van der Waals surface area contributed by atoms with E-state index in [1.54, 1.807) is 44.6 Å². The van der Waals surface area contributed by atoms with Crippen LogP contribution in [0.2, 0.25) is 0 Å². The number of nitrogens with one attached hydrogen (secondary N) is 2. The highest BCUT2D eigenvalue weighted by Crippen LogP contribution is 2.23. The van der Waals surface area contributed by atoms with Gasteiger partial charge in [0.25, 0.3) is 11.8 Å². The third kappa shape index (κ3) is 6.84. The lowest BCUT2D eigenvalue weighted by Gasteiger charge is -2.09. The summed E-state index contributed by atoms with van der Waals surface area (Å²) < 4.78 is 15.4. The van der Waals surface area contributed by atoms with Crippen LogP contribution in [0.3, 0.4) is 0 Å². The van der Waals surface area contributed by atoms with Gasteiger partial charge in [-0.05, 0) is 48.4 Å². The van der Waals surface area contributed by atoms with Crippen molar-refractivity contribution in [3.63, 3.8) is 0 Å². The molecule has 2 aromatic carbocycles. The van der Waals surface area contributed by atoms with Gasteiger partial charge >= 0.3 is 5.97 Å². The second kappa shape index (κ2) is 10.7. The summed E-state index contributed by atoms with van der Waals surface area (Å²) in [6, 6.07) is 11.7. The molecule has 8 nitrogen and oxygen atoms in total. The summed E-state index contributed by atoms with van der Waals surface area (Å²) in [7, 11) is 4.65. The van der Waals surface area contributed by atoms with Crippen molar-refractivity contribution in [2.75, 3.05) is 33.2 Å². The molecule has 0 fully saturated rings. The van der Waals surface area contributed by atoms with Crippen molar-refractivity contribution < 1.29 is 28.6 Å². The van der Waals surface area contributed by atoms with Crippen LogP contribution in [0.1, 0.15) is 22.3 Å². The van der Waals surface area contributed by atoms with E-state index in [4.69, 9.17) is 14.2 Å². The normalized spacial score (nSPS) is 10.0. The molecule has 2 aromatic rings. The highest BCUT2D eigenvalue weighted by molar-refractivity contribution is 5.96. The van der Waals surface area contributed by atoms with Crippen molar-refractivity contribution in [3.05, 3.63) is 53.6 Å². The van der Waals surface area contributed by atoms with E-state index < -0.39 is 18.5 Å². The molecule has 0 unspecified atom stereocenters. The van der Waals surface area contributed by atoms with Crippen LogP contribution in [0.15, 0.2) is 42.5 Å². The maximum atomic E-state index is 11.9. The number of hydrogen-bond donors (Lipinski definition) is 2. The van der Waals surface area contributed by atoms with Gasteiger partial charge in [0, 0.05) is 30.8 Å². The standard InChI is InChI=1S/C21H24N2O6/c1-22-21(26)15-5-7-16(8-6-15)23-19(24)13-29-20(25)9-4-14-10-17(27-2)12-18(11-14)28-3/h5-8,10-12H,4,9,13H2,1-3H3,(H,22,26)(H,23,24). The number of ether oxygens (including phenoxy) is 3. The van der Waals surface area contributed by atoms with Crippen molar-refractivity contribution in [2.24, 2.45) is 0 Å². The number of benzene rings is 2. The Kier molecular flexibility index (Phi) is 8.02. The van der Waals surface area contributed by atoms with Gasteiger partial charge in [-0.3, -0.25) is 14.4 Å². The molecule has 8 heteroatoms. The number of hydrogen-bond acceptors (Lipinski definition) is 6. The summed E-state index contributed by atoms with van der Waals surface area (Å²) in [5.74, 6) is 0.0977. The van der Waals surface area contributed by atoms with Gasteiger partial charge in [-0.25, -0.2) is 0 Å². The Morgan fingerprint density at radius 3 is 2.10 bits per heavy atom. The lowest BCUT2D eigenvalue weighted by atomic mass is 10.1. The number of carbonyl (C=O) groups is 3. The number of carbonyl (C=O) groups excluding carboxylic acids is 3. The van der Waals surface area contributed by atoms with E-state index in [-0.39, 0.29) is 12.3 Å². The number of methoxy groups -OCH3 is 2. The van der Waals surface area contributed by atoms with Gasteiger partial charge in [0.2, 0.25) is 0 Å². The quantitative estimate of drug-likeness (QED) is 0.626. The van der Waals surface area contributed by atoms with Gasteiger partial charge in [-0.2, -0.15) is 0 Å². The fourth-order valence-electron chi connectivity index (χ4n) is 2.52. The van der Waals surface area contributed by atoms with Crippen molar-refractivity contribution >= 4 is 23.5 Å². The third-order valence-electron chi connectivity index (χ3n) is 4.05. The third-order valence-corrected chi connectivity index (χ3v) is 4.05. The van der Waals surface area contributed by atoms with Crippen molar-refractivity contribution in [2.45, 2.75) is 12.8 Å². The van der Waals surface area contributed by atoms with E-state index in [1.165, 1.54) is 7.05 Å².